The fourth-order valence-electron chi connectivity index (χ4n) is 1.33. The van der Waals surface area contributed by atoms with E-state index in [-0.39, 0.29) is 5.60 Å². The van der Waals surface area contributed by atoms with E-state index in [4.69, 9.17) is 4.74 Å². The van der Waals surface area contributed by atoms with Gasteiger partial charge in [0, 0.05) is 0 Å². The summed E-state index contributed by atoms with van der Waals surface area (Å²) in [6, 6.07) is 0. The molecule has 5 nitrogen and oxygen atoms in total. The molecule has 72 valence electrons. The second-order valence-electron chi connectivity index (χ2n) is 3.83. The van der Waals surface area contributed by atoms with Crippen molar-refractivity contribution in [2.45, 2.75) is 25.4 Å². The SMILES string of the molecule is CC1(Oc2ncnc3[nH]cnc23)CC1. The van der Waals surface area contributed by atoms with Gasteiger partial charge in [-0.25, -0.2) is 9.97 Å². The van der Waals surface area contributed by atoms with Crippen LogP contribution in [-0.4, -0.2) is 25.5 Å². The molecule has 14 heavy (non-hydrogen) atoms. The van der Waals surface area contributed by atoms with E-state index in [1.165, 1.54) is 6.33 Å². The standard InChI is InChI=1S/C9H10N4O/c1-9(2-3-9)14-8-6-7(11-4-10-6)12-5-13-8/h4-5H,2-3H2,1H3,(H,10,11,12,13). The molecule has 0 unspecified atom stereocenters. The van der Waals surface area contributed by atoms with Gasteiger partial charge in [0.1, 0.15) is 11.9 Å². The Kier molecular flexibility index (Phi) is 1.34. The Labute approximate surface area is 80.5 Å². The minimum absolute atomic E-state index is 0.0275. The summed E-state index contributed by atoms with van der Waals surface area (Å²) in [6.07, 6.45) is 5.26. The summed E-state index contributed by atoms with van der Waals surface area (Å²) < 4.78 is 5.75. The largest absolute Gasteiger partial charge is 0.470 e. The molecule has 0 aromatic carbocycles. The molecule has 1 N–H and O–H groups in total. The average molecular weight is 190 g/mol. The fourth-order valence-corrected chi connectivity index (χ4v) is 1.33. The van der Waals surface area contributed by atoms with Crippen molar-refractivity contribution in [1.82, 2.24) is 19.9 Å². The topological polar surface area (TPSA) is 63.7 Å². The van der Waals surface area contributed by atoms with E-state index in [2.05, 4.69) is 26.9 Å². The van der Waals surface area contributed by atoms with Crippen molar-refractivity contribution in [1.29, 1.82) is 0 Å². The molecular weight excluding hydrogens is 180 g/mol. The summed E-state index contributed by atoms with van der Waals surface area (Å²) in [6.45, 7) is 2.08. The molecule has 2 heterocycles. The number of ether oxygens (including phenoxy) is 1. The van der Waals surface area contributed by atoms with E-state index in [0.29, 0.717) is 11.4 Å². The van der Waals surface area contributed by atoms with Gasteiger partial charge in [-0.15, -0.1) is 0 Å². The Morgan fingerprint density at radius 3 is 3.00 bits per heavy atom. The highest BCUT2D eigenvalue weighted by Gasteiger charge is 2.41. The minimum Gasteiger partial charge on any atom is -0.470 e. The number of imidazole rings is 1. The Morgan fingerprint density at radius 2 is 2.21 bits per heavy atom. The lowest BCUT2D eigenvalue weighted by Crippen LogP contribution is -2.13. The third-order valence-electron chi connectivity index (χ3n) is 2.48. The molecule has 1 saturated carbocycles. The second kappa shape index (κ2) is 2.43. The predicted molar refractivity (Wildman–Crippen MR) is 50.0 cm³/mol. The monoisotopic (exact) mass is 190 g/mol. The number of hydrogen-bond acceptors (Lipinski definition) is 4. The molecule has 0 radical (unpaired) electrons. The molecule has 0 aliphatic heterocycles. The highest BCUT2D eigenvalue weighted by molar-refractivity contribution is 5.75. The molecular formula is C9H10N4O. The minimum atomic E-state index is -0.0275. The van der Waals surface area contributed by atoms with Crippen LogP contribution in [0.3, 0.4) is 0 Å². The first kappa shape index (κ1) is 7.73. The van der Waals surface area contributed by atoms with Crippen LogP contribution in [0.15, 0.2) is 12.7 Å². The van der Waals surface area contributed by atoms with Gasteiger partial charge in [0.2, 0.25) is 5.88 Å². The van der Waals surface area contributed by atoms with E-state index in [0.717, 1.165) is 18.5 Å². The molecule has 2 aromatic rings. The van der Waals surface area contributed by atoms with Gasteiger partial charge in [-0.3, -0.25) is 0 Å². The number of H-pyrrole nitrogens is 1. The number of nitrogens with one attached hydrogen (secondary N) is 1. The number of hydrogen-bond donors (Lipinski definition) is 1. The van der Waals surface area contributed by atoms with Crippen LogP contribution >= 0.6 is 0 Å². The maximum Gasteiger partial charge on any atom is 0.245 e. The summed E-state index contributed by atoms with van der Waals surface area (Å²) in [5.74, 6) is 0.580. The lowest BCUT2D eigenvalue weighted by atomic mass is 10.4. The van der Waals surface area contributed by atoms with Crippen LogP contribution in [0.4, 0.5) is 0 Å². The Balaban J connectivity index is 2.06. The molecule has 5 heteroatoms. The van der Waals surface area contributed by atoms with Crippen LogP contribution < -0.4 is 4.74 Å². The zero-order valence-corrected chi connectivity index (χ0v) is 7.82. The Bertz CT molecular complexity index is 474. The van der Waals surface area contributed by atoms with Gasteiger partial charge in [-0.05, 0) is 19.8 Å². The summed E-state index contributed by atoms with van der Waals surface area (Å²) in [5.41, 5.74) is 1.40. The van der Waals surface area contributed by atoms with E-state index in [1.54, 1.807) is 6.33 Å². The van der Waals surface area contributed by atoms with Crippen LogP contribution in [0.1, 0.15) is 19.8 Å². The van der Waals surface area contributed by atoms with Crippen molar-refractivity contribution in [2.24, 2.45) is 0 Å². The Hall–Kier alpha value is -1.65. The van der Waals surface area contributed by atoms with Crippen LogP contribution in [-0.2, 0) is 0 Å². The molecule has 0 saturated heterocycles. The van der Waals surface area contributed by atoms with Gasteiger partial charge in [0.15, 0.2) is 11.2 Å². The molecule has 3 rings (SSSR count). The summed E-state index contributed by atoms with van der Waals surface area (Å²) >= 11 is 0. The third kappa shape index (κ3) is 1.13. The van der Waals surface area contributed by atoms with Crippen molar-refractivity contribution >= 4 is 11.2 Å². The summed E-state index contributed by atoms with van der Waals surface area (Å²) in [4.78, 5) is 15.2. The number of aromatic nitrogens is 4. The fraction of sp³-hybridized carbons (Fsp3) is 0.444. The van der Waals surface area contributed by atoms with Gasteiger partial charge < -0.3 is 9.72 Å². The third-order valence-corrected chi connectivity index (χ3v) is 2.48. The lowest BCUT2D eigenvalue weighted by molar-refractivity contribution is 0.194. The van der Waals surface area contributed by atoms with Crippen LogP contribution in [0.2, 0.25) is 0 Å². The van der Waals surface area contributed by atoms with E-state index in [9.17, 15) is 0 Å². The molecule has 1 fully saturated rings. The highest BCUT2D eigenvalue weighted by Crippen LogP contribution is 2.39. The molecule has 0 bridgehead atoms. The number of rotatable bonds is 2. The number of aromatic amines is 1. The zero-order valence-electron chi connectivity index (χ0n) is 7.82. The van der Waals surface area contributed by atoms with Crippen molar-refractivity contribution in [3.8, 4) is 5.88 Å². The van der Waals surface area contributed by atoms with E-state index in [1.807, 2.05) is 0 Å². The van der Waals surface area contributed by atoms with Gasteiger partial charge in [-0.1, -0.05) is 0 Å². The zero-order chi connectivity index (χ0) is 9.60. The second-order valence-corrected chi connectivity index (χ2v) is 3.83. The number of fused-ring (bicyclic) bond motifs is 1. The van der Waals surface area contributed by atoms with Crippen LogP contribution in [0, 0.1) is 0 Å². The quantitative estimate of drug-likeness (QED) is 0.774. The lowest BCUT2D eigenvalue weighted by Gasteiger charge is -2.10. The van der Waals surface area contributed by atoms with E-state index < -0.39 is 0 Å². The first-order valence-corrected chi connectivity index (χ1v) is 4.60. The maximum absolute atomic E-state index is 5.75. The van der Waals surface area contributed by atoms with Gasteiger partial charge in [0.05, 0.1) is 6.33 Å². The first-order valence-electron chi connectivity index (χ1n) is 4.60. The molecule has 1 aliphatic rings. The van der Waals surface area contributed by atoms with Crippen molar-refractivity contribution in [3.63, 3.8) is 0 Å². The van der Waals surface area contributed by atoms with Gasteiger partial charge in [-0.2, -0.15) is 4.98 Å². The Morgan fingerprint density at radius 1 is 1.36 bits per heavy atom. The predicted octanol–water partition coefficient (Wildman–Crippen LogP) is 1.28. The van der Waals surface area contributed by atoms with Crippen molar-refractivity contribution < 1.29 is 4.74 Å². The molecule has 0 amide bonds. The summed E-state index contributed by atoms with van der Waals surface area (Å²) in [5, 5.41) is 0. The van der Waals surface area contributed by atoms with Crippen LogP contribution in [0.5, 0.6) is 5.88 Å². The normalized spacial score (nSPS) is 18.4. The molecule has 0 spiro atoms. The number of nitrogens with zero attached hydrogens (tertiary/aromatic N) is 3. The van der Waals surface area contributed by atoms with Crippen molar-refractivity contribution in [2.75, 3.05) is 0 Å². The molecule has 1 aliphatic carbocycles. The molecule has 0 atom stereocenters. The molecule has 2 aromatic heterocycles. The average Bonchev–Trinajstić information content (AvgIpc) is 2.73. The van der Waals surface area contributed by atoms with Gasteiger partial charge in [0.25, 0.3) is 0 Å². The van der Waals surface area contributed by atoms with Crippen LogP contribution in [0.25, 0.3) is 11.2 Å². The summed E-state index contributed by atoms with van der Waals surface area (Å²) in [7, 11) is 0. The van der Waals surface area contributed by atoms with Crippen molar-refractivity contribution in [3.05, 3.63) is 12.7 Å². The first-order chi connectivity index (χ1) is 6.77. The van der Waals surface area contributed by atoms with E-state index >= 15 is 0 Å². The maximum atomic E-state index is 5.75. The van der Waals surface area contributed by atoms with Gasteiger partial charge >= 0.3 is 0 Å². The highest BCUT2D eigenvalue weighted by atomic mass is 16.5. The smallest absolute Gasteiger partial charge is 0.245 e.